The second-order valence-electron chi connectivity index (χ2n) is 3.58. The summed E-state index contributed by atoms with van der Waals surface area (Å²) in [5.41, 5.74) is 0. The van der Waals surface area contributed by atoms with Gasteiger partial charge in [0.2, 0.25) is 0 Å². The average molecular weight is 197 g/mol. The standard InChI is InChI=1S/C10H19N3O/c1-14-7-3-2-5-13-6-4-12-9-10(13)8-11/h10,12H,2-7,9H2,1H3. The van der Waals surface area contributed by atoms with E-state index in [4.69, 9.17) is 10.00 Å². The molecule has 0 bridgehead atoms. The van der Waals surface area contributed by atoms with Crippen LogP contribution in [0.25, 0.3) is 0 Å². The molecule has 4 nitrogen and oxygen atoms in total. The summed E-state index contributed by atoms with van der Waals surface area (Å²) < 4.78 is 4.99. The third kappa shape index (κ3) is 3.62. The fraction of sp³-hybridized carbons (Fsp3) is 0.900. The molecule has 4 heteroatoms. The Kier molecular flexibility index (Phi) is 5.53. The average Bonchev–Trinajstić information content (AvgIpc) is 2.25. The molecule has 0 aromatic carbocycles. The van der Waals surface area contributed by atoms with E-state index in [1.165, 1.54) is 0 Å². The first kappa shape index (κ1) is 11.4. The minimum Gasteiger partial charge on any atom is -0.385 e. The van der Waals surface area contributed by atoms with Gasteiger partial charge in [-0.3, -0.25) is 4.90 Å². The zero-order valence-electron chi connectivity index (χ0n) is 8.83. The summed E-state index contributed by atoms with van der Waals surface area (Å²) in [6, 6.07) is 2.39. The Labute approximate surface area is 85.8 Å². The Bertz CT molecular complexity index is 190. The summed E-state index contributed by atoms with van der Waals surface area (Å²) in [5, 5.41) is 12.1. The Morgan fingerprint density at radius 2 is 2.43 bits per heavy atom. The number of hydrogen-bond acceptors (Lipinski definition) is 4. The van der Waals surface area contributed by atoms with Crippen molar-refractivity contribution in [3.05, 3.63) is 0 Å². The maximum absolute atomic E-state index is 8.91. The van der Waals surface area contributed by atoms with Crippen molar-refractivity contribution in [3.8, 4) is 6.07 Å². The van der Waals surface area contributed by atoms with E-state index in [2.05, 4.69) is 16.3 Å². The molecule has 1 atom stereocenters. The fourth-order valence-corrected chi connectivity index (χ4v) is 1.70. The summed E-state index contributed by atoms with van der Waals surface area (Å²) in [6.07, 6.45) is 2.20. The Hall–Kier alpha value is -0.630. The number of ether oxygens (including phenoxy) is 1. The van der Waals surface area contributed by atoms with Crippen LogP contribution in [0.3, 0.4) is 0 Å². The van der Waals surface area contributed by atoms with Crippen molar-refractivity contribution in [2.24, 2.45) is 0 Å². The molecule has 0 spiro atoms. The highest BCUT2D eigenvalue weighted by molar-refractivity contribution is 4.95. The van der Waals surface area contributed by atoms with Crippen LogP contribution < -0.4 is 5.32 Å². The number of methoxy groups -OCH3 is 1. The molecule has 80 valence electrons. The molecule has 0 saturated carbocycles. The second-order valence-corrected chi connectivity index (χ2v) is 3.58. The summed E-state index contributed by atoms with van der Waals surface area (Å²) in [5.74, 6) is 0. The van der Waals surface area contributed by atoms with Gasteiger partial charge >= 0.3 is 0 Å². The van der Waals surface area contributed by atoms with Gasteiger partial charge in [0.1, 0.15) is 6.04 Å². The molecule has 0 aliphatic carbocycles. The lowest BCUT2D eigenvalue weighted by Crippen LogP contribution is -2.50. The first-order chi connectivity index (χ1) is 6.88. The summed E-state index contributed by atoms with van der Waals surface area (Å²) in [7, 11) is 1.73. The summed E-state index contributed by atoms with van der Waals surface area (Å²) in [6.45, 7) is 4.64. The zero-order chi connectivity index (χ0) is 10.2. The molecule has 1 aliphatic heterocycles. The van der Waals surface area contributed by atoms with Gasteiger partial charge in [0.15, 0.2) is 0 Å². The number of nitrogens with one attached hydrogen (secondary N) is 1. The van der Waals surface area contributed by atoms with E-state index in [1.807, 2.05) is 0 Å². The van der Waals surface area contributed by atoms with Crippen molar-refractivity contribution in [1.82, 2.24) is 10.2 Å². The molecule has 1 N–H and O–H groups in total. The SMILES string of the molecule is COCCCCN1CCNCC1C#N. The smallest absolute Gasteiger partial charge is 0.110 e. The topological polar surface area (TPSA) is 48.3 Å². The lowest BCUT2D eigenvalue weighted by Gasteiger charge is -2.31. The lowest BCUT2D eigenvalue weighted by molar-refractivity contribution is 0.167. The Balaban J connectivity index is 2.17. The maximum atomic E-state index is 8.91. The molecule has 0 amide bonds. The van der Waals surface area contributed by atoms with Gasteiger partial charge in [0, 0.05) is 33.4 Å². The van der Waals surface area contributed by atoms with Crippen LogP contribution in [0, 0.1) is 11.3 Å². The minimum absolute atomic E-state index is 0.0614. The highest BCUT2D eigenvalue weighted by atomic mass is 16.5. The largest absolute Gasteiger partial charge is 0.385 e. The minimum atomic E-state index is 0.0614. The second kappa shape index (κ2) is 6.77. The molecule has 0 aromatic rings. The van der Waals surface area contributed by atoms with Gasteiger partial charge in [-0.2, -0.15) is 5.26 Å². The number of nitrogens with zero attached hydrogens (tertiary/aromatic N) is 2. The van der Waals surface area contributed by atoms with E-state index < -0.39 is 0 Å². The third-order valence-corrected chi connectivity index (χ3v) is 2.55. The molecule has 14 heavy (non-hydrogen) atoms. The van der Waals surface area contributed by atoms with Gasteiger partial charge in [-0.15, -0.1) is 0 Å². The van der Waals surface area contributed by atoms with Gasteiger partial charge in [0.25, 0.3) is 0 Å². The Morgan fingerprint density at radius 1 is 1.57 bits per heavy atom. The zero-order valence-corrected chi connectivity index (χ0v) is 8.83. The number of rotatable bonds is 5. The van der Waals surface area contributed by atoms with Crippen LogP contribution in [0.2, 0.25) is 0 Å². The van der Waals surface area contributed by atoms with Crippen LogP contribution in [0.15, 0.2) is 0 Å². The number of nitriles is 1. The molecule has 1 heterocycles. The van der Waals surface area contributed by atoms with Gasteiger partial charge in [-0.1, -0.05) is 0 Å². The van der Waals surface area contributed by atoms with Gasteiger partial charge in [-0.25, -0.2) is 0 Å². The van der Waals surface area contributed by atoms with E-state index in [9.17, 15) is 0 Å². The monoisotopic (exact) mass is 197 g/mol. The van der Waals surface area contributed by atoms with Crippen LogP contribution in [0.4, 0.5) is 0 Å². The van der Waals surface area contributed by atoms with Crippen molar-refractivity contribution in [2.75, 3.05) is 39.9 Å². The van der Waals surface area contributed by atoms with Gasteiger partial charge in [-0.05, 0) is 19.4 Å². The number of unbranched alkanes of at least 4 members (excludes halogenated alkanes) is 1. The van der Waals surface area contributed by atoms with Crippen molar-refractivity contribution in [3.63, 3.8) is 0 Å². The molecule has 1 aliphatic rings. The molecule has 1 fully saturated rings. The molecular formula is C10H19N3O. The summed E-state index contributed by atoms with van der Waals surface area (Å²) >= 11 is 0. The van der Waals surface area contributed by atoms with Gasteiger partial charge < -0.3 is 10.1 Å². The molecule has 1 saturated heterocycles. The van der Waals surface area contributed by atoms with Crippen LogP contribution in [-0.4, -0.2) is 50.8 Å². The quantitative estimate of drug-likeness (QED) is 0.640. The molecule has 1 unspecified atom stereocenters. The van der Waals surface area contributed by atoms with E-state index >= 15 is 0 Å². The number of piperazine rings is 1. The molecule has 0 aromatic heterocycles. The predicted octanol–water partition coefficient (Wildman–Crippen LogP) is 0.210. The van der Waals surface area contributed by atoms with E-state index in [0.29, 0.717) is 0 Å². The Morgan fingerprint density at radius 3 is 3.14 bits per heavy atom. The lowest BCUT2D eigenvalue weighted by atomic mass is 10.2. The van der Waals surface area contributed by atoms with Crippen LogP contribution in [0.1, 0.15) is 12.8 Å². The van der Waals surface area contributed by atoms with E-state index in [0.717, 1.165) is 45.6 Å². The number of hydrogen-bond donors (Lipinski definition) is 1. The van der Waals surface area contributed by atoms with Crippen molar-refractivity contribution >= 4 is 0 Å². The van der Waals surface area contributed by atoms with Crippen LogP contribution in [-0.2, 0) is 4.74 Å². The first-order valence-electron chi connectivity index (χ1n) is 5.22. The third-order valence-electron chi connectivity index (χ3n) is 2.55. The van der Waals surface area contributed by atoms with Crippen molar-refractivity contribution in [1.29, 1.82) is 5.26 Å². The normalized spacial score (nSPS) is 23.3. The predicted molar refractivity (Wildman–Crippen MR) is 55.0 cm³/mol. The molecule has 0 radical (unpaired) electrons. The molecule has 1 rings (SSSR count). The van der Waals surface area contributed by atoms with Crippen molar-refractivity contribution in [2.45, 2.75) is 18.9 Å². The highest BCUT2D eigenvalue weighted by Crippen LogP contribution is 2.04. The van der Waals surface area contributed by atoms with E-state index in [-0.39, 0.29) is 6.04 Å². The van der Waals surface area contributed by atoms with E-state index in [1.54, 1.807) is 7.11 Å². The van der Waals surface area contributed by atoms with Crippen LogP contribution in [0.5, 0.6) is 0 Å². The van der Waals surface area contributed by atoms with Crippen molar-refractivity contribution < 1.29 is 4.74 Å². The first-order valence-corrected chi connectivity index (χ1v) is 5.22. The fourth-order valence-electron chi connectivity index (χ4n) is 1.70. The van der Waals surface area contributed by atoms with Gasteiger partial charge in [0.05, 0.1) is 6.07 Å². The summed E-state index contributed by atoms with van der Waals surface area (Å²) in [4.78, 5) is 2.26. The maximum Gasteiger partial charge on any atom is 0.110 e. The highest BCUT2D eigenvalue weighted by Gasteiger charge is 2.20. The van der Waals surface area contributed by atoms with Crippen LogP contribution >= 0.6 is 0 Å². The molecular weight excluding hydrogens is 178 g/mol.